The Hall–Kier alpha value is -1.86. The summed E-state index contributed by atoms with van der Waals surface area (Å²) in [5.41, 5.74) is 1.60. The van der Waals surface area contributed by atoms with Crippen LogP contribution in [0.3, 0.4) is 0 Å². The summed E-state index contributed by atoms with van der Waals surface area (Å²) in [4.78, 5) is 12.6. The van der Waals surface area contributed by atoms with Gasteiger partial charge < -0.3 is 14.6 Å². The van der Waals surface area contributed by atoms with Crippen molar-refractivity contribution in [3.8, 4) is 0 Å². The SMILES string of the molecule is COCCn1cc(C(=O)NCC2CCS(=O)(=O)C2)c2ccccc21. The number of nitrogens with zero attached hydrogens (tertiary/aromatic N) is 1. The normalized spacial score (nSPS) is 19.6. The fourth-order valence-corrected chi connectivity index (χ4v) is 5.03. The number of nitrogens with one attached hydrogen (secondary N) is 1. The summed E-state index contributed by atoms with van der Waals surface area (Å²) >= 11 is 0. The van der Waals surface area contributed by atoms with Crippen LogP contribution >= 0.6 is 0 Å². The molecule has 0 aliphatic carbocycles. The van der Waals surface area contributed by atoms with Crippen LogP contribution in [0.4, 0.5) is 0 Å². The molecular formula is C17H22N2O4S. The molecule has 1 fully saturated rings. The molecule has 0 saturated carbocycles. The molecule has 2 heterocycles. The highest BCUT2D eigenvalue weighted by Gasteiger charge is 2.28. The van der Waals surface area contributed by atoms with Gasteiger partial charge in [-0.15, -0.1) is 0 Å². The Morgan fingerprint density at radius 1 is 1.38 bits per heavy atom. The molecule has 1 aliphatic heterocycles. The number of benzene rings is 1. The number of hydrogen-bond donors (Lipinski definition) is 1. The molecule has 1 N–H and O–H groups in total. The Bertz CT molecular complexity index is 841. The Labute approximate surface area is 141 Å². The third-order valence-electron chi connectivity index (χ3n) is 4.45. The smallest absolute Gasteiger partial charge is 0.253 e. The fourth-order valence-electron chi connectivity index (χ4n) is 3.17. The summed E-state index contributed by atoms with van der Waals surface area (Å²) in [6.07, 6.45) is 2.46. The number of methoxy groups -OCH3 is 1. The van der Waals surface area contributed by atoms with Crippen LogP contribution in [0.1, 0.15) is 16.8 Å². The second-order valence-electron chi connectivity index (χ2n) is 6.23. The van der Waals surface area contributed by atoms with E-state index in [0.717, 1.165) is 10.9 Å². The van der Waals surface area contributed by atoms with E-state index in [4.69, 9.17) is 4.74 Å². The summed E-state index contributed by atoms with van der Waals surface area (Å²) in [5, 5.41) is 3.79. The maximum atomic E-state index is 12.6. The average Bonchev–Trinajstić information content (AvgIpc) is 3.11. The van der Waals surface area contributed by atoms with E-state index in [1.165, 1.54) is 0 Å². The molecule has 3 rings (SSSR count). The molecule has 24 heavy (non-hydrogen) atoms. The third kappa shape index (κ3) is 3.62. The standard InChI is InChI=1S/C17H22N2O4S/c1-23-8-7-19-11-15(14-4-2-3-5-16(14)19)17(20)18-10-13-6-9-24(21,22)12-13/h2-5,11,13H,6-10,12H2,1H3,(H,18,20). The van der Waals surface area contributed by atoms with Crippen molar-refractivity contribution < 1.29 is 17.9 Å². The summed E-state index contributed by atoms with van der Waals surface area (Å²) in [5.74, 6) is 0.250. The minimum absolute atomic E-state index is 0.0146. The van der Waals surface area contributed by atoms with Crippen LogP contribution in [0.2, 0.25) is 0 Å². The average molecular weight is 350 g/mol. The van der Waals surface area contributed by atoms with E-state index in [-0.39, 0.29) is 23.3 Å². The van der Waals surface area contributed by atoms with Crippen molar-refractivity contribution in [1.29, 1.82) is 0 Å². The molecule has 1 unspecified atom stereocenters. The number of amides is 1. The lowest BCUT2D eigenvalue weighted by molar-refractivity contribution is 0.0949. The number of para-hydroxylation sites is 1. The molecule has 2 aromatic rings. The van der Waals surface area contributed by atoms with Gasteiger partial charge in [0.05, 0.1) is 23.7 Å². The molecule has 1 amide bonds. The summed E-state index contributed by atoms with van der Waals surface area (Å²) in [7, 11) is -1.27. The lowest BCUT2D eigenvalue weighted by Crippen LogP contribution is -2.29. The molecule has 130 valence electrons. The first kappa shape index (κ1) is 17.0. The van der Waals surface area contributed by atoms with Gasteiger partial charge in [0.1, 0.15) is 0 Å². The second kappa shape index (κ2) is 6.94. The van der Waals surface area contributed by atoms with Crippen LogP contribution in [0, 0.1) is 5.92 Å². The zero-order valence-electron chi connectivity index (χ0n) is 13.7. The monoisotopic (exact) mass is 350 g/mol. The highest BCUT2D eigenvalue weighted by molar-refractivity contribution is 7.91. The zero-order chi connectivity index (χ0) is 17.2. The first-order chi connectivity index (χ1) is 11.5. The van der Waals surface area contributed by atoms with Crippen LogP contribution in [0.25, 0.3) is 10.9 Å². The molecule has 0 bridgehead atoms. The fraction of sp³-hybridized carbons (Fsp3) is 0.471. The predicted octanol–water partition coefficient (Wildman–Crippen LogP) is 1.45. The summed E-state index contributed by atoms with van der Waals surface area (Å²) in [6.45, 7) is 1.64. The van der Waals surface area contributed by atoms with Crippen molar-refractivity contribution in [1.82, 2.24) is 9.88 Å². The molecule has 1 aromatic heterocycles. The van der Waals surface area contributed by atoms with E-state index in [2.05, 4.69) is 5.32 Å². The lowest BCUT2D eigenvalue weighted by atomic mass is 10.1. The van der Waals surface area contributed by atoms with Gasteiger partial charge >= 0.3 is 0 Å². The second-order valence-corrected chi connectivity index (χ2v) is 8.45. The summed E-state index contributed by atoms with van der Waals surface area (Å²) < 4.78 is 30.1. The number of rotatable bonds is 6. The molecule has 0 radical (unpaired) electrons. The van der Waals surface area contributed by atoms with E-state index in [1.807, 2.05) is 35.0 Å². The lowest BCUT2D eigenvalue weighted by Gasteiger charge is -2.09. The Morgan fingerprint density at radius 2 is 2.17 bits per heavy atom. The van der Waals surface area contributed by atoms with E-state index >= 15 is 0 Å². The van der Waals surface area contributed by atoms with Crippen molar-refractivity contribution in [3.05, 3.63) is 36.0 Å². The van der Waals surface area contributed by atoms with Crippen LogP contribution in [0.5, 0.6) is 0 Å². The van der Waals surface area contributed by atoms with Gasteiger partial charge in [-0.3, -0.25) is 4.79 Å². The largest absolute Gasteiger partial charge is 0.383 e. The molecule has 0 spiro atoms. The predicted molar refractivity (Wildman–Crippen MR) is 92.9 cm³/mol. The minimum atomic E-state index is -2.92. The molecule has 7 heteroatoms. The molecule has 6 nitrogen and oxygen atoms in total. The van der Waals surface area contributed by atoms with E-state index in [9.17, 15) is 13.2 Å². The van der Waals surface area contributed by atoms with E-state index < -0.39 is 9.84 Å². The van der Waals surface area contributed by atoms with Crippen molar-refractivity contribution in [2.24, 2.45) is 5.92 Å². The van der Waals surface area contributed by atoms with E-state index in [1.54, 1.807) is 7.11 Å². The molecule has 1 aliphatic rings. The van der Waals surface area contributed by atoms with Gasteiger partial charge in [-0.25, -0.2) is 8.42 Å². The van der Waals surface area contributed by atoms with Gasteiger partial charge in [0.15, 0.2) is 9.84 Å². The number of carbonyl (C=O) groups excluding carboxylic acids is 1. The van der Waals surface area contributed by atoms with Crippen LogP contribution < -0.4 is 5.32 Å². The van der Waals surface area contributed by atoms with Gasteiger partial charge in [0, 0.05) is 37.3 Å². The number of ether oxygens (including phenoxy) is 1. The van der Waals surface area contributed by atoms with Crippen molar-refractivity contribution in [2.75, 3.05) is 31.8 Å². The zero-order valence-corrected chi connectivity index (χ0v) is 14.5. The molecular weight excluding hydrogens is 328 g/mol. The summed E-state index contributed by atoms with van der Waals surface area (Å²) in [6, 6.07) is 7.75. The van der Waals surface area contributed by atoms with Crippen LogP contribution in [-0.4, -0.2) is 50.7 Å². The third-order valence-corrected chi connectivity index (χ3v) is 6.28. The van der Waals surface area contributed by atoms with Crippen LogP contribution in [-0.2, 0) is 21.1 Å². The maximum absolute atomic E-state index is 12.6. The first-order valence-electron chi connectivity index (χ1n) is 8.05. The number of carbonyl (C=O) groups is 1. The van der Waals surface area contributed by atoms with Crippen molar-refractivity contribution in [3.63, 3.8) is 0 Å². The highest BCUT2D eigenvalue weighted by atomic mass is 32.2. The molecule has 1 aromatic carbocycles. The van der Waals surface area contributed by atoms with E-state index in [0.29, 0.717) is 31.7 Å². The van der Waals surface area contributed by atoms with Gasteiger partial charge in [-0.2, -0.15) is 0 Å². The van der Waals surface area contributed by atoms with Gasteiger partial charge in [-0.05, 0) is 18.4 Å². The van der Waals surface area contributed by atoms with Gasteiger partial charge in [-0.1, -0.05) is 18.2 Å². The topological polar surface area (TPSA) is 77.4 Å². The minimum Gasteiger partial charge on any atom is -0.383 e. The Morgan fingerprint density at radius 3 is 2.88 bits per heavy atom. The first-order valence-corrected chi connectivity index (χ1v) is 9.88. The molecule has 1 saturated heterocycles. The van der Waals surface area contributed by atoms with Gasteiger partial charge in [0.2, 0.25) is 0 Å². The highest BCUT2D eigenvalue weighted by Crippen LogP contribution is 2.22. The number of sulfone groups is 1. The van der Waals surface area contributed by atoms with Gasteiger partial charge in [0.25, 0.3) is 5.91 Å². The number of aromatic nitrogens is 1. The van der Waals surface area contributed by atoms with Crippen LogP contribution in [0.15, 0.2) is 30.5 Å². The molecule has 1 atom stereocenters. The Balaban J connectivity index is 1.75. The van der Waals surface area contributed by atoms with Crippen molar-refractivity contribution >= 4 is 26.6 Å². The number of hydrogen-bond acceptors (Lipinski definition) is 4. The maximum Gasteiger partial charge on any atom is 0.253 e. The Kier molecular flexibility index (Phi) is 4.91. The quantitative estimate of drug-likeness (QED) is 0.855. The number of fused-ring (bicyclic) bond motifs is 1. The van der Waals surface area contributed by atoms with Crippen molar-refractivity contribution in [2.45, 2.75) is 13.0 Å².